The van der Waals surface area contributed by atoms with Crippen molar-refractivity contribution in [2.24, 2.45) is 0 Å². The zero-order chi connectivity index (χ0) is 13.4. The predicted octanol–water partition coefficient (Wildman–Crippen LogP) is 2.66. The second-order valence-electron chi connectivity index (χ2n) is 3.99. The Hall–Kier alpha value is -2.27. The lowest BCUT2D eigenvalue weighted by atomic mass is 10.2. The largest absolute Gasteiger partial charge is 0.495 e. The Labute approximate surface area is 114 Å². The summed E-state index contributed by atoms with van der Waals surface area (Å²) in [5.74, 6) is 1.04. The van der Waals surface area contributed by atoms with Gasteiger partial charge in [0.1, 0.15) is 11.3 Å². The van der Waals surface area contributed by atoms with Crippen LogP contribution >= 0.6 is 11.6 Å². The van der Waals surface area contributed by atoms with Gasteiger partial charge in [0.2, 0.25) is 5.95 Å². The van der Waals surface area contributed by atoms with E-state index in [0.717, 1.165) is 16.7 Å². The average molecular weight is 275 g/mol. The van der Waals surface area contributed by atoms with Crippen LogP contribution < -0.4 is 10.5 Å². The van der Waals surface area contributed by atoms with Crippen LogP contribution in [-0.2, 0) is 0 Å². The van der Waals surface area contributed by atoms with E-state index in [1.807, 2.05) is 6.07 Å². The molecule has 19 heavy (non-hydrogen) atoms. The molecule has 0 amide bonds. The summed E-state index contributed by atoms with van der Waals surface area (Å²) >= 11 is 6.05. The number of hydrogen-bond donors (Lipinski definition) is 1. The van der Waals surface area contributed by atoms with E-state index in [1.165, 1.54) is 0 Å². The minimum absolute atomic E-state index is 0.364. The lowest BCUT2D eigenvalue weighted by Crippen LogP contribution is -2.02. The third-order valence-electron chi connectivity index (χ3n) is 2.86. The smallest absolute Gasteiger partial charge is 0.206 e. The first kappa shape index (κ1) is 11.8. The molecule has 6 heteroatoms. The molecule has 0 radical (unpaired) electrons. The van der Waals surface area contributed by atoms with Gasteiger partial charge in [-0.15, -0.1) is 0 Å². The number of pyridine rings is 1. The van der Waals surface area contributed by atoms with E-state index in [0.29, 0.717) is 16.7 Å². The van der Waals surface area contributed by atoms with Crippen molar-refractivity contribution in [1.82, 2.24) is 14.5 Å². The van der Waals surface area contributed by atoms with Crippen molar-refractivity contribution in [2.45, 2.75) is 0 Å². The normalized spacial score (nSPS) is 10.8. The first-order valence-corrected chi connectivity index (χ1v) is 6.00. The molecular formula is C13H11ClN4O. The van der Waals surface area contributed by atoms with Gasteiger partial charge in [-0.3, -0.25) is 9.55 Å². The molecule has 0 saturated heterocycles. The predicted molar refractivity (Wildman–Crippen MR) is 74.8 cm³/mol. The molecule has 0 bridgehead atoms. The average Bonchev–Trinajstić information content (AvgIpc) is 2.74. The van der Waals surface area contributed by atoms with Gasteiger partial charge in [-0.05, 0) is 24.3 Å². The van der Waals surface area contributed by atoms with Crippen molar-refractivity contribution in [1.29, 1.82) is 0 Å². The highest BCUT2D eigenvalue weighted by Gasteiger charge is 2.14. The maximum absolute atomic E-state index is 6.05. The van der Waals surface area contributed by atoms with E-state index in [4.69, 9.17) is 22.1 Å². The molecule has 0 fully saturated rings. The van der Waals surface area contributed by atoms with Crippen LogP contribution in [0.1, 0.15) is 0 Å². The number of ether oxygens (including phenoxy) is 1. The topological polar surface area (TPSA) is 66.0 Å². The molecule has 0 unspecified atom stereocenters. The summed E-state index contributed by atoms with van der Waals surface area (Å²) in [6.07, 6.45) is 3.36. The second-order valence-corrected chi connectivity index (χ2v) is 4.42. The minimum atomic E-state index is 0.364. The molecule has 2 heterocycles. The van der Waals surface area contributed by atoms with Crippen LogP contribution in [0.2, 0.25) is 5.02 Å². The maximum Gasteiger partial charge on any atom is 0.206 e. The minimum Gasteiger partial charge on any atom is -0.495 e. The van der Waals surface area contributed by atoms with Gasteiger partial charge in [0.05, 0.1) is 24.5 Å². The zero-order valence-electron chi connectivity index (χ0n) is 10.2. The number of nitrogen functional groups attached to an aromatic ring is 1. The van der Waals surface area contributed by atoms with Crippen molar-refractivity contribution in [2.75, 3.05) is 12.8 Å². The summed E-state index contributed by atoms with van der Waals surface area (Å²) in [6, 6.07) is 7.20. The van der Waals surface area contributed by atoms with Crippen molar-refractivity contribution in [3.8, 4) is 11.4 Å². The number of anilines is 1. The van der Waals surface area contributed by atoms with Crippen LogP contribution in [0.3, 0.4) is 0 Å². The van der Waals surface area contributed by atoms with E-state index in [9.17, 15) is 0 Å². The number of nitrogens with zero attached hydrogens (tertiary/aromatic N) is 3. The van der Waals surface area contributed by atoms with Gasteiger partial charge in [-0.1, -0.05) is 11.6 Å². The maximum atomic E-state index is 6.05. The van der Waals surface area contributed by atoms with Gasteiger partial charge in [-0.25, -0.2) is 4.98 Å². The Morgan fingerprint density at radius 1 is 1.32 bits per heavy atom. The van der Waals surface area contributed by atoms with Crippen LogP contribution in [0.5, 0.6) is 5.75 Å². The number of fused-ring (bicyclic) bond motifs is 1. The fourth-order valence-corrected chi connectivity index (χ4v) is 2.21. The Balaban J connectivity index is 2.35. The molecule has 3 aromatic rings. The molecule has 0 atom stereocenters. The highest BCUT2D eigenvalue weighted by molar-refractivity contribution is 6.30. The number of rotatable bonds is 2. The van der Waals surface area contributed by atoms with Crippen LogP contribution in [0.25, 0.3) is 16.7 Å². The first-order chi connectivity index (χ1) is 9.20. The van der Waals surface area contributed by atoms with Crippen molar-refractivity contribution in [3.05, 3.63) is 41.7 Å². The number of halogens is 1. The van der Waals surface area contributed by atoms with Gasteiger partial charge in [0.25, 0.3) is 0 Å². The van der Waals surface area contributed by atoms with Crippen LogP contribution in [0.15, 0.2) is 36.7 Å². The molecule has 0 spiro atoms. The standard InChI is InChI=1S/C13H11ClN4O/c1-19-12-3-2-8(14)6-11(12)18-10-4-5-16-7-9(10)17-13(18)15/h2-7H,1H3,(H2,15,17). The molecule has 0 saturated carbocycles. The fraction of sp³-hybridized carbons (Fsp3) is 0.0769. The molecule has 5 nitrogen and oxygen atoms in total. The summed E-state index contributed by atoms with van der Waals surface area (Å²) in [5, 5.41) is 0.603. The monoisotopic (exact) mass is 274 g/mol. The zero-order valence-corrected chi connectivity index (χ0v) is 10.9. The Kier molecular flexibility index (Phi) is 2.76. The van der Waals surface area contributed by atoms with Crippen molar-refractivity contribution in [3.63, 3.8) is 0 Å². The van der Waals surface area contributed by atoms with Gasteiger partial charge < -0.3 is 10.5 Å². The van der Waals surface area contributed by atoms with Gasteiger partial charge in [-0.2, -0.15) is 0 Å². The van der Waals surface area contributed by atoms with Gasteiger partial charge >= 0.3 is 0 Å². The molecule has 0 aliphatic carbocycles. The second kappa shape index (κ2) is 4.44. The van der Waals surface area contributed by atoms with Gasteiger partial charge in [0, 0.05) is 11.2 Å². The van der Waals surface area contributed by atoms with E-state index >= 15 is 0 Å². The molecule has 0 aliphatic heterocycles. The van der Waals surface area contributed by atoms with Gasteiger partial charge in [0.15, 0.2) is 0 Å². The molecule has 2 N–H and O–H groups in total. The lowest BCUT2D eigenvalue weighted by molar-refractivity contribution is 0.413. The van der Waals surface area contributed by atoms with Crippen LogP contribution in [-0.4, -0.2) is 21.6 Å². The van der Waals surface area contributed by atoms with Crippen molar-refractivity contribution >= 4 is 28.6 Å². The van der Waals surface area contributed by atoms with E-state index in [-0.39, 0.29) is 0 Å². The fourth-order valence-electron chi connectivity index (χ4n) is 2.04. The third kappa shape index (κ3) is 1.88. The summed E-state index contributed by atoms with van der Waals surface area (Å²) in [6.45, 7) is 0. The van der Waals surface area contributed by atoms with E-state index in [2.05, 4.69) is 9.97 Å². The van der Waals surface area contributed by atoms with Crippen LogP contribution in [0.4, 0.5) is 5.95 Å². The Bertz CT molecular complexity index is 753. The summed E-state index contributed by atoms with van der Waals surface area (Å²) in [4.78, 5) is 8.31. The highest BCUT2D eigenvalue weighted by Crippen LogP contribution is 2.31. The summed E-state index contributed by atoms with van der Waals surface area (Å²) in [7, 11) is 1.60. The Morgan fingerprint density at radius 3 is 2.95 bits per heavy atom. The number of benzene rings is 1. The molecule has 2 aromatic heterocycles. The molecular weight excluding hydrogens is 264 g/mol. The Morgan fingerprint density at radius 2 is 2.16 bits per heavy atom. The third-order valence-corrected chi connectivity index (χ3v) is 3.10. The number of hydrogen-bond acceptors (Lipinski definition) is 4. The lowest BCUT2D eigenvalue weighted by Gasteiger charge is -2.11. The molecule has 96 valence electrons. The number of nitrogens with two attached hydrogens (primary N) is 1. The molecule has 1 aromatic carbocycles. The van der Waals surface area contributed by atoms with Crippen molar-refractivity contribution < 1.29 is 4.74 Å². The molecule has 0 aliphatic rings. The number of aromatic nitrogens is 3. The SMILES string of the molecule is COc1ccc(Cl)cc1-n1c(N)nc2cnccc21. The summed E-state index contributed by atoms with van der Waals surface area (Å²) in [5.41, 5.74) is 8.31. The highest BCUT2D eigenvalue weighted by atomic mass is 35.5. The van der Waals surface area contributed by atoms with Crippen LogP contribution in [0, 0.1) is 0 Å². The van der Waals surface area contributed by atoms with E-state index in [1.54, 1.807) is 42.3 Å². The quantitative estimate of drug-likeness (QED) is 0.780. The number of methoxy groups -OCH3 is 1. The first-order valence-electron chi connectivity index (χ1n) is 5.62. The summed E-state index contributed by atoms with van der Waals surface area (Å²) < 4.78 is 7.14. The molecule has 3 rings (SSSR count). The number of imidazole rings is 1. The van der Waals surface area contributed by atoms with E-state index < -0.39 is 0 Å².